The minimum absolute atomic E-state index is 0. The van der Waals surface area contributed by atoms with Crippen molar-refractivity contribution in [2.75, 3.05) is 0 Å². The molecule has 0 saturated heterocycles. The molecular weight excluding hydrogens is 249 g/mol. The summed E-state index contributed by atoms with van der Waals surface area (Å²) in [6.45, 7) is 1.08. The lowest BCUT2D eigenvalue weighted by atomic mass is 10.1. The Balaban J connectivity index is 0.00000144. The fourth-order valence-corrected chi connectivity index (χ4v) is 0.792. The van der Waals surface area contributed by atoms with Gasteiger partial charge in [0, 0.05) is 6.07 Å². The molecule has 1 aromatic rings. The summed E-state index contributed by atoms with van der Waals surface area (Å²) in [5, 5.41) is 0. The van der Waals surface area contributed by atoms with Gasteiger partial charge in [0.05, 0.1) is 5.56 Å². The smallest absolute Gasteiger partial charge is 0.162 e. The first-order valence-corrected chi connectivity index (χ1v) is 3.18. The number of benzene rings is 1. The number of hydrogen-bond donors (Lipinski definition) is 0. The number of Topliss-reactive ketones (excluding diaryl/α,β-unsaturated/α-hetero) is 1. The summed E-state index contributed by atoms with van der Waals surface area (Å²) in [5.41, 5.74) is -0.436. The molecule has 0 aliphatic carbocycles. The lowest BCUT2D eigenvalue weighted by Gasteiger charge is -1.98. The Morgan fingerprint density at radius 1 is 1.08 bits per heavy atom. The lowest BCUT2D eigenvalue weighted by Crippen LogP contribution is -1.99. The molecule has 0 atom stereocenters. The van der Waals surface area contributed by atoms with E-state index in [1.807, 2.05) is 0 Å². The van der Waals surface area contributed by atoms with Gasteiger partial charge in [-0.15, -0.1) is 17.0 Å². The zero-order valence-electron chi connectivity index (χ0n) is 6.61. The standard InChI is InChI=1S/C8H5F3O.BrH/c1-4(12)5-2-7(10)8(11)3-6(5)9;/h2-3H,1H3;1H. The number of carbonyl (C=O) groups excluding carboxylic acids is 1. The number of carbonyl (C=O) groups is 1. The first-order chi connectivity index (χ1) is 5.52. The van der Waals surface area contributed by atoms with Crippen LogP contribution in [0.15, 0.2) is 12.1 Å². The van der Waals surface area contributed by atoms with Gasteiger partial charge in [-0.2, -0.15) is 0 Å². The number of hydrogen-bond acceptors (Lipinski definition) is 1. The molecule has 0 bridgehead atoms. The van der Waals surface area contributed by atoms with Gasteiger partial charge in [-0.05, 0) is 13.0 Å². The molecule has 0 aliphatic heterocycles. The van der Waals surface area contributed by atoms with Crippen LogP contribution < -0.4 is 0 Å². The van der Waals surface area contributed by atoms with Crippen LogP contribution in [-0.2, 0) is 0 Å². The molecule has 0 radical (unpaired) electrons. The van der Waals surface area contributed by atoms with Crippen LogP contribution in [0.1, 0.15) is 17.3 Å². The highest BCUT2D eigenvalue weighted by atomic mass is 79.9. The van der Waals surface area contributed by atoms with E-state index in [2.05, 4.69) is 0 Å². The molecule has 0 aromatic heterocycles. The van der Waals surface area contributed by atoms with E-state index in [-0.39, 0.29) is 17.0 Å². The molecule has 1 nitrogen and oxygen atoms in total. The Labute approximate surface area is 83.3 Å². The molecule has 72 valence electrons. The van der Waals surface area contributed by atoms with Gasteiger partial charge in [0.1, 0.15) is 5.82 Å². The second-order valence-electron chi connectivity index (χ2n) is 2.30. The van der Waals surface area contributed by atoms with Crippen LogP contribution in [0.3, 0.4) is 0 Å². The van der Waals surface area contributed by atoms with Gasteiger partial charge in [0.25, 0.3) is 0 Å². The summed E-state index contributed by atoms with van der Waals surface area (Å²) >= 11 is 0. The van der Waals surface area contributed by atoms with E-state index in [1.165, 1.54) is 0 Å². The number of ketones is 1. The Morgan fingerprint density at radius 3 is 2.00 bits per heavy atom. The maximum Gasteiger partial charge on any atom is 0.162 e. The second-order valence-corrected chi connectivity index (χ2v) is 2.30. The van der Waals surface area contributed by atoms with Gasteiger partial charge in [-0.1, -0.05) is 0 Å². The van der Waals surface area contributed by atoms with Gasteiger partial charge in [0.2, 0.25) is 0 Å². The van der Waals surface area contributed by atoms with Crippen molar-refractivity contribution in [1.82, 2.24) is 0 Å². The van der Waals surface area contributed by atoms with Gasteiger partial charge in [0.15, 0.2) is 17.4 Å². The van der Waals surface area contributed by atoms with Crippen LogP contribution in [0.25, 0.3) is 0 Å². The van der Waals surface area contributed by atoms with E-state index in [0.29, 0.717) is 12.1 Å². The molecule has 0 spiro atoms. The van der Waals surface area contributed by atoms with Gasteiger partial charge >= 0.3 is 0 Å². The SMILES string of the molecule is Br.CC(=O)c1cc(F)c(F)cc1F. The first kappa shape index (κ1) is 12.2. The van der Waals surface area contributed by atoms with E-state index in [1.54, 1.807) is 0 Å². The molecule has 0 unspecified atom stereocenters. The minimum atomic E-state index is -1.29. The maximum atomic E-state index is 12.7. The fraction of sp³-hybridized carbons (Fsp3) is 0.125. The zero-order chi connectivity index (χ0) is 9.30. The average molecular weight is 255 g/mol. The summed E-state index contributed by atoms with van der Waals surface area (Å²) in [4.78, 5) is 10.6. The highest BCUT2D eigenvalue weighted by molar-refractivity contribution is 8.93. The minimum Gasteiger partial charge on any atom is -0.294 e. The molecule has 0 amide bonds. The van der Waals surface area contributed by atoms with Crippen LogP contribution in [-0.4, -0.2) is 5.78 Å². The van der Waals surface area contributed by atoms with Crippen LogP contribution >= 0.6 is 17.0 Å². The molecule has 5 heteroatoms. The lowest BCUT2D eigenvalue weighted by molar-refractivity contribution is 0.101. The Hall–Kier alpha value is -0.840. The topological polar surface area (TPSA) is 17.1 Å². The van der Waals surface area contributed by atoms with Crippen LogP contribution in [0.5, 0.6) is 0 Å². The normalized spacial score (nSPS) is 9.23. The van der Waals surface area contributed by atoms with Crippen LogP contribution in [0.4, 0.5) is 13.2 Å². The zero-order valence-corrected chi connectivity index (χ0v) is 8.32. The van der Waals surface area contributed by atoms with Crippen molar-refractivity contribution >= 4 is 22.8 Å². The van der Waals surface area contributed by atoms with Crippen molar-refractivity contribution in [3.63, 3.8) is 0 Å². The van der Waals surface area contributed by atoms with Crippen molar-refractivity contribution in [3.8, 4) is 0 Å². The molecule has 1 aromatic carbocycles. The van der Waals surface area contributed by atoms with Crippen molar-refractivity contribution < 1.29 is 18.0 Å². The molecular formula is C8H6BrF3O. The summed E-state index contributed by atoms with van der Waals surface area (Å²) in [6.07, 6.45) is 0. The van der Waals surface area contributed by atoms with E-state index < -0.39 is 28.8 Å². The van der Waals surface area contributed by atoms with Crippen molar-refractivity contribution in [1.29, 1.82) is 0 Å². The highest BCUT2D eigenvalue weighted by Crippen LogP contribution is 2.13. The van der Waals surface area contributed by atoms with E-state index in [9.17, 15) is 18.0 Å². The van der Waals surface area contributed by atoms with Crippen molar-refractivity contribution in [3.05, 3.63) is 35.1 Å². The maximum absolute atomic E-state index is 12.7. The predicted octanol–water partition coefficient (Wildman–Crippen LogP) is 2.88. The Kier molecular flexibility index (Phi) is 4.13. The second kappa shape index (κ2) is 4.41. The molecule has 13 heavy (non-hydrogen) atoms. The predicted molar refractivity (Wildman–Crippen MR) is 46.6 cm³/mol. The third kappa shape index (κ3) is 2.55. The summed E-state index contributed by atoms with van der Waals surface area (Å²) in [6, 6.07) is 0.902. The molecule has 0 heterocycles. The molecule has 0 aliphatic rings. The van der Waals surface area contributed by atoms with E-state index >= 15 is 0 Å². The highest BCUT2D eigenvalue weighted by Gasteiger charge is 2.12. The van der Waals surface area contributed by atoms with Crippen LogP contribution in [0.2, 0.25) is 0 Å². The van der Waals surface area contributed by atoms with Gasteiger partial charge in [-0.25, -0.2) is 13.2 Å². The van der Waals surface area contributed by atoms with Gasteiger partial charge in [-0.3, -0.25) is 4.79 Å². The monoisotopic (exact) mass is 254 g/mol. The van der Waals surface area contributed by atoms with Gasteiger partial charge < -0.3 is 0 Å². The largest absolute Gasteiger partial charge is 0.294 e. The van der Waals surface area contributed by atoms with Crippen molar-refractivity contribution in [2.45, 2.75) is 6.92 Å². The van der Waals surface area contributed by atoms with E-state index in [4.69, 9.17) is 0 Å². The van der Waals surface area contributed by atoms with E-state index in [0.717, 1.165) is 6.92 Å². The molecule has 0 saturated carbocycles. The summed E-state index contributed by atoms with van der Waals surface area (Å²) in [5.74, 6) is -4.19. The quantitative estimate of drug-likeness (QED) is 0.557. The molecule has 0 fully saturated rings. The molecule has 1 rings (SSSR count). The number of halogens is 4. The third-order valence-corrected chi connectivity index (χ3v) is 1.39. The Morgan fingerprint density at radius 2 is 1.54 bits per heavy atom. The summed E-state index contributed by atoms with van der Waals surface area (Å²) < 4.78 is 37.4. The molecule has 0 N–H and O–H groups in total. The average Bonchev–Trinajstić information content (AvgIpc) is 1.96. The van der Waals surface area contributed by atoms with Crippen molar-refractivity contribution in [2.24, 2.45) is 0 Å². The summed E-state index contributed by atoms with van der Waals surface area (Å²) in [7, 11) is 0. The van der Waals surface area contributed by atoms with Crippen LogP contribution in [0, 0.1) is 17.5 Å². The fourth-order valence-electron chi connectivity index (χ4n) is 0.792. The third-order valence-electron chi connectivity index (χ3n) is 1.39. The first-order valence-electron chi connectivity index (χ1n) is 3.18. The Bertz CT molecular complexity index is 338. The number of rotatable bonds is 1.